The van der Waals surface area contributed by atoms with Crippen molar-refractivity contribution >= 4 is 29.4 Å². The van der Waals surface area contributed by atoms with Crippen molar-refractivity contribution in [3.8, 4) is 0 Å². The number of amides is 1. The minimum Gasteiger partial charge on any atom is -0.465 e. The van der Waals surface area contributed by atoms with Crippen molar-refractivity contribution in [2.45, 2.75) is 38.8 Å². The van der Waals surface area contributed by atoms with E-state index in [0.29, 0.717) is 29.5 Å². The Morgan fingerprint density at radius 1 is 1.42 bits per heavy atom. The highest BCUT2D eigenvalue weighted by Gasteiger charge is 2.29. The molecule has 1 saturated heterocycles. The van der Waals surface area contributed by atoms with E-state index in [1.165, 1.54) is 13.3 Å². The Morgan fingerprint density at radius 3 is 2.75 bits per heavy atom. The monoisotopic (exact) mass is 355 g/mol. The van der Waals surface area contributed by atoms with Gasteiger partial charge in [-0.2, -0.15) is 0 Å². The van der Waals surface area contributed by atoms with E-state index in [9.17, 15) is 9.59 Å². The third kappa shape index (κ3) is 4.74. The van der Waals surface area contributed by atoms with Gasteiger partial charge >= 0.3 is 12.1 Å². The van der Waals surface area contributed by atoms with Gasteiger partial charge in [-0.1, -0.05) is 11.6 Å². The van der Waals surface area contributed by atoms with Gasteiger partial charge in [-0.3, -0.25) is 0 Å². The van der Waals surface area contributed by atoms with Gasteiger partial charge in [0.2, 0.25) is 0 Å². The Labute approximate surface area is 146 Å². The lowest BCUT2D eigenvalue weighted by Crippen LogP contribution is -2.40. The molecule has 1 fully saturated rings. The largest absolute Gasteiger partial charge is 0.465 e. The van der Waals surface area contributed by atoms with Crippen LogP contribution in [0.5, 0.6) is 0 Å². The van der Waals surface area contributed by atoms with Gasteiger partial charge in [0.15, 0.2) is 0 Å². The molecule has 1 amide bonds. The van der Waals surface area contributed by atoms with E-state index in [4.69, 9.17) is 21.1 Å². The number of carbonyl (C=O) groups is 2. The molecule has 132 valence electrons. The van der Waals surface area contributed by atoms with Gasteiger partial charge in [0.1, 0.15) is 16.3 Å². The summed E-state index contributed by atoms with van der Waals surface area (Å²) >= 11 is 5.96. The van der Waals surface area contributed by atoms with Crippen molar-refractivity contribution in [3.05, 3.63) is 23.0 Å². The summed E-state index contributed by atoms with van der Waals surface area (Å²) in [5, 5.41) is 3.14. The average Bonchev–Trinajstić information content (AvgIpc) is 2.92. The molecule has 8 heteroatoms. The summed E-state index contributed by atoms with van der Waals surface area (Å²) in [7, 11) is 1.32. The van der Waals surface area contributed by atoms with Crippen molar-refractivity contribution in [2.24, 2.45) is 0 Å². The molecule has 1 atom stereocenters. The quantitative estimate of drug-likeness (QED) is 0.663. The van der Waals surface area contributed by atoms with Crippen LogP contribution in [0.1, 0.15) is 37.6 Å². The number of nitrogens with zero attached hydrogens (tertiary/aromatic N) is 2. The van der Waals surface area contributed by atoms with Gasteiger partial charge in [0.25, 0.3) is 0 Å². The van der Waals surface area contributed by atoms with E-state index in [0.717, 1.165) is 6.42 Å². The summed E-state index contributed by atoms with van der Waals surface area (Å²) < 4.78 is 10.0. The lowest BCUT2D eigenvalue weighted by Gasteiger charge is -2.23. The molecule has 0 saturated carbocycles. The number of ether oxygens (including phenoxy) is 2. The third-order valence-corrected chi connectivity index (χ3v) is 3.71. The third-order valence-electron chi connectivity index (χ3n) is 3.50. The number of alkyl carbamates (subject to hydrolysis) is 1. The summed E-state index contributed by atoms with van der Waals surface area (Å²) in [5.41, 5.74) is 0.453. The first-order valence-corrected chi connectivity index (χ1v) is 8.05. The van der Waals surface area contributed by atoms with Gasteiger partial charge in [0, 0.05) is 19.3 Å². The fourth-order valence-electron chi connectivity index (χ4n) is 2.52. The van der Waals surface area contributed by atoms with Gasteiger partial charge in [-0.25, -0.2) is 14.6 Å². The highest BCUT2D eigenvalue weighted by atomic mass is 35.5. The lowest BCUT2D eigenvalue weighted by atomic mass is 10.2. The summed E-state index contributed by atoms with van der Waals surface area (Å²) in [4.78, 5) is 29.7. The number of methoxy groups -OCH3 is 1. The predicted molar refractivity (Wildman–Crippen MR) is 90.6 cm³/mol. The fraction of sp³-hybridized carbons (Fsp3) is 0.562. The van der Waals surface area contributed by atoms with Gasteiger partial charge in [-0.15, -0.1) is 0 Å². The molecule has 0 bridgehead atoms. The van der Waals surface area contributed by atoms with E-state index in [2.05, 4.69) is 10.3 Å². The van der Waals surface area contributed by atoms with E-state index in [1.807, 2.05) is 25.7 Å². The normalized spacial score (nSPS) is 17.5. The second-order valence-corrected chi connectivity index (χ2v) is 6.98. The molecular formula is C16H22ClN3O4. The van der Waals surface area contributed by atoms with Crippen LogP contribution in [0.2, 0.25) is 5.15 Å². The van der Waals surface area contributed by atoms with Crippen LogP contribution < -0.4 is 10.2 Å². The van der Waals surface area contributed by atoms with E-state index < -0.39 is 17.7 Å². The Hall–Kier alpha value is -2.02. The van der Waals surface area contributed by atoms with Crippen LogP contribution in [0.25, 0.3) is 0 Å². The fourth-order valence-corrected chi connectivity index (χ4v) is 2.67. The minimum absolute atomic E-state index is 0.0720. The van der Waals surface area contributed by atoms with Crippen LogP contribution in [0.3, 0.4) is 0 Å². The van der Waals surface area contributed by atoms with E-state index in [-0.39, 0.29) is 6.04 Å². The first kappa shape index (κ1) is 18.3. The predicted octanol–water partition coefficient (Wildman–Crippen LogP) is 2.63. The maximum absolute atomic E-state index is 11.9. The highest BCUT2D eigenvalue weighted by Crippen LogP contribution is 2.27. The number of carbonyl (C=O) groups excluding carboxylic acids is 2. The molecule has 1 aromatic heterocycles. The molecule has 2 heterocycles. The van der Waals surface area contributed by atoms with E-state index in [1.54, 1.807) is 6.07 Å². The van der Waals surface area contributed by atoms with Crippen molar-refractivity contribution in [1.29, 1.82) is 0 Å². The molecule has 1 aliphatic heterocycles. The zero-order chi connectivity index (χ0) is 17.9. The van der Waals surface area contributed by atoms with Crippen LogP contribution in [-0.4, -0.2) is 48.9 Å². The SMILES string of the molecule is COC(=O)c1cnc(Cl)cc1N1CC[C@H](NC(=O)OC(C)(C)C)C1. The standard InChI is InChI=1S/C16H22ClN3O4/c1-16(2,3)24-15(22)19-10-5-6-20(9-10)12-7-13(17)18-8-11(12)14(21)23-4/h7-8,10H,5-6,9H2,1-4H3,(H,19,22)/t10-/m0/s1. The maximum atomic E-state index is 11.9. The van der Waals surface area contributed by atoms with Crippen molar-refractivity contribution < 1.29 is 19.1 Å². The second kappa shape index (κ2) is 7.25. The zero-order valence-corrected chi connectivity index (χ0v) is 15.0. The first-order valence-electron chi connectivity index (χ1n) is 7.68. The summed E-state index contributed by atoms with van der Waals surface area (Å²) in [6.07, 6.45) is 1.69. The molecule has 2 rings (SSSR count). The molecule has 1 N–H and O–H groups in total. The van der Waals surface area contributed by atoms with Gasteiger partial charge < -0.3 is 19.7 Å². The van der Waals surface area contributed by atoms with Crippen LogP contribution in [0.15, 0.2) is 12.3 Å². The van der Waals surface area contributed by atoms with Crippen LogP contribution in [0.4, 0.5) is 10.5 Å². The smallest absolute Gasteiger partial charge is 0.407 e. The van der Waals surface area contributed by atoms with Crippen LogP contribution in [0, 0.1) is 0 Å². The minimum atomic E-state index is -0.543. The molecule has 0 unspecified atom stereocenters. The van der Waals surface area contributed by atoms with Crippen LogP contribution in [-0.2, 0) is 9.47 Å². The number of hydrogen-bond acceptors (Lipinski definition) is 6. The van der Waals surface area contributed by atoms with Crippen molar-refractivity contribution in [3.63, 3.8) is 0 Å². The molecule has 0 aromatic carbocycles. The number of aromatic nitrogens is 1. The molecular weight excluding hydrogens is 334 g/mol. The Bertz CT molecular complexity index is 630. The number of anilines is 1. The number of rotatable bonds is 3. The number of hydrogen-bond donors (Lipinski definition) is 1. The maximum Gasteiger partial charge on any atom is 0.407 e. The molecule has 7 nitrogen and oxygen atoms in total. The first-order chi connectivity index (χ1) is 11.2. The Balaban J connectivity index is 2.07. The number of nitrogens with one attached hydrogen (secondary N) is 1. The van der Waals surface area contributed by atoms with Crippen molar-refractivity contribution in [2.75, 3.05) is 25.1 Å². The highest BCUT2D eigenvalue weighted by molar-refractivity contribution is 6.29. The molecule has 0 radical (unpaired) electrons. The zero-order valence-electron chi connectivity index (χ0n) is 14.3. The van der Waals surface area contributed by atoms with Crippen LogP contribution >= 0.6 is 11.6 Å². The number of esters is 1. The molecule has 1 aliphatic rings. The molecule has 1 aromatic rings. The van der Waals surface area contributed by atoms with Gasteiger partial charge in [0.05, 0.1) is 18.8 Å². The number of pyridine rings is 1. The molecule has 0 spiro atoms. The van der Waals surface area contributed by atoms with E-state index >= 15 is 0 Å². The molecule has 24 heavy (non-hydrogen) atoms. The summed E-state index contributed by atoms with van der Waals surface area (Å²) in [6, 6.07) is 1.56. The number of halogens is 1. The second-order valence-electron chi connectivity index (χ2n) is 6.59. The lowest BCUT2D eigenvalue weighted by molar-refractivity contribution is 0.0507. The topological polar surface area (TPSA) is 80.8 Å². The summed E-state index contributed by atoms with van der Waals surface area (Å²) in [6.45, 7) is 6.66. The molecule has 0 aliphatic carbocycles. The van der Waals surface area contributed by atoms with Crippen molar-refractivity contribution in [1.82, 2.24) is 10.3 Å². The summed E-state index contributed by atoms with van der Waals surface area (Å²) in [5.74, 6) is -0.474. The average molecular weight is 356 g/mol. The Morgan fingerprint density at radius 2 is 2.12 bits per heavy atom. The Kier molecular flexibility index (Phi) is 5.54. The van der Waals surface area contributed by atoms with Gasteiger partial charge in [-0.05, 0) is 33.3 Å².